The van der Waals surface area contributed by atoms with Crippen LogP contribution in [0.25, 0.3) is 0 Å². The summed E-state index contributed by atoms with van der Waals surface area (Å²) in [5.41, 5.74) is 0. The molecule has 0 aliphatic carbocycles. The molecular formula is C50H95NO5. The first-order valence-corrected chi connectivity index (χ1v) is 24.6. The Kier molecular flexibility index (Phi) is 44.7. The van der Waals surface area contributed by atoms with Gasteiger partial charge < -0.3 is 20.3 Å². The van der Waals surface area contributed by atoms with Gasteiger partial charge in [0.25, 0.3) is 0 Å². The van der Waals surface area contributed by atoms with E-state index in [4.69, 9.17) is 4.74 Å². The molecule has 0 aromatic carbocycles. The minimum absolute atomic E-state index is 0.0293. The van der Waals surface area contributed by atoms with Crippen molar-refractivity contribution in [2.24, 2.45) is 0 Å². The standard InChI is InChI=1S/C50H95NO5/c1-3-5-7-9-11-13-15-16-17-18-19-20-21-22-24-28-32-36-40-44-50(55)56-45-41-37-33-29-25-27-31-35-39-43-49(54)51-47(46-52)48(53)42-38-34-30-26-23-14-12-10-8-6-4-2/h11,13,16-17,47-48,52-53H,3-10,12,14-15,18-46H2,1-2H3,(H,51,54)/b13-11-,17-16-. The molecule has 2 atom stereocenters. The van der Waals surface area contributed by atoms with E-state index in [1.165, 1.54) is 161 Å². The molecule has 330 valence electrons. The summed E-state index contributed by atoms with van der Waals surface area (Å²) in [6, 6.07) is -0.560. The van der Waals surface area contributed by atoms with Crippen molar-refractivity contribution in [2.45, 2.75) is 270 Å². The van der Waals surface area contributed by atoms with Gasteiger partial charge in [0.05, 0.1) is 25.4 Å². The third-order valence-corrected chi connectivity index (χ3v) is 11.3. The zero-order valence-electron chi connectivity index (χ0n) is 37.4. The summed E-state index contributed by atoms with van der Waals surface area (Å²) in [7, 11) is 0. The van der Waals surface area contributed by atoms with Gasteiger partial charge in [-0.2, -0.15) is 0 Å². The van der Waals surface area contributed by atoms with E-state index in [1.54, 1.807) is 0 Å². The molecule has 0 radical (unpaired) electrons. The summed E-state index contributed by atoms with van der Waals surface area (Å²) in [6.45, 7) is 4.85. The van der Waals surface area contributed by atoms with Crippen molar-refractivity contribution >= 4 is 11.9 Å². The number of allylic oxidation sites excluding steroid dienone is 4. The van der Waals surface area contributed by atoms with Crippen LogP contribution in [0.1, 0.15) is 258 Å². The van der Waals surface area contributed by atoms with E-state index in [2.05, 4.69) is 43.5 Å². The van der Waals surface area contributed by atoms with E-state index < -0.39 is 12.1 Å². The third-order valence-electron chi connectivity index (χ3n) is 11.3. The number of carbonyl (C=O) groups excluding carboxylic acids is 2. The van der Waals surface area contributed by atoms with Crippen molar-refractivity contribution in [1.29, 1.82) is 0 Å². The highest BCUT2D eigenvalue weighted by molar-refractivity contribution is 5.76. The van der Waals surface area contributed by atoms with Gasteiger partial charge in [0.15, 0.2) is 0 Å². The van der Waals surface area contributed by atoms with Crippen LogP contribution in [0.3, 0.4) is 0 Å². The molecule has 1 amide bonds. The first-order valence-electron chi connectivity index (χ1n) is 24.6. The number of hydrogen-bond donors (Lipinski definition) is 3. The van der Waals surface area contributed by atoms with Crippen LogP contribution < -0.4 is 5.32 Å². The van der Waals surface area contributed by atoms with Crippen LogP contribution >= 0.6 is 0 Å². The van der Waals surface area contributed by atoms with Crippen LogP contribution in [0.2, 0.25) is 0 Å². The Morgan fingerprint density at radius 2 is 0.893 bits per heavy atom. The fourth-order valence-corrected chi connectivity index (χ4v) is 7.43. The lowest BCUT2D eigenvalue weighted by Gasteiger charge is -2.22. The molecular weight excluding hydrogens is 695 g/mol. The highest BCUT2D eigenvalue weighted by Crippen LogP contribution is 2.16. The van der Waals surface area contributed by atoms with Crippen molar-refractivity contribution in [2.75, 3.05) is 13.2 Å². The third kappa shape index (κ3) is 42.0. The molecule has 0 saturated heterocycles. The molecule has 6 nitrogen and oxygen atoms in total. The molecule has 0 spiro atoms. The molecule has 56 heavy (non-hydrogen) atoms. The lowest BCUT2D eigenvalue weighted by atomic mass is 10.0. The summed E-state index contributed by atoms with van der Waals surface area (Å²) in [6.07, 6.45) is 52.8. The van der Waals surface area contributed by atoms with E-state index in [9.17, 15) is 19.8 Å². The summed E-state index contributed by atoms with van der Waals surface area (Å²) in [5.74, 6) is -0.0936. The zero-order valence-corrected chi connectivity index (χ0v) is 37.4. The SMILES string of the molecule is CCCCC/C=C\C/C=C\CCCCCCCCCCCC(=O)OCCCCCCCCCCCC(=O)NC(CO)C(O)CCCCCCCCCCCCC. The summed E-state index contributed by atoms with van der Waals surface area (Å²) in [5, 5.41) is 23.1. The van der Waals surface area contributed by atoms with Crippen LogP contribution in [0.15, 0.2) is 24.3 Å². The number of esters is 1. The maximum absolute atomic E-state index is 12.4. The Labute approximate surface area is 348 Å². The Morgan fingerprint density at radius 1 is 0.500 bits per heavy atom. The average molecular weight is 790 g/mol. The molecule has 0 heterocycles. The number of aliphatic hydroxyl groups excluding tert-OH is 2. The molecule has 0 fully saturated rings. The number of ether oxygens (including phenoxy) is 1. The topological polar surface area (TPSA) is 95.9 Å². The maximum atomic E-state index is 12.4. The number of aliphatic hydroxyl groups is 2. The predicted octanol–water partition coefficient (Wildman–Crippen LogP) is 14.3. The quantitative estimate of drug-likeness (QED) is 0.0324. The summed E-state index contributed by atoms with van der Waals surface area (Å²) < 4.78 is 5.45. The Bertz CT molecular complexity index is 874. The highest BCUT2D eigenvalue weighted by Gasteiger charge is 2.20. The molecule has 0 aromatic rings. The second kappa shape index (κ2) is 46.0. The first kappa shape index (κ1) is 54.3. The first-order chi connectivity index (χ1) is 27.5. The molecule has 0 saturated carbocycles. The average Bonchev–Trinajstić information content (AvgIpc) is 3.20. The molecule has 3 N–H and O–H groups in total. The van der Waals surface area contributed by atoms with Gasteiger partial charge in [0.1, 0.15) is 0 Å². The molecule has 0 bridgehead atoms. The molecule has 2 unspecified atom stereocenters. The van der Waals surface area contributed by atoms with Gasteiger partial charge in [-0.05, 0) is 57.8 Å². The Balaban J connectivity index is 3.47. The number of hydrogen-bond acceptors (Lipinski definition) is 5. The monoisotopic (exact) mass is 790 g/mol. The van der Waals surface area contributed by atoms with Gasteiger partial charge in [-0.3, -0.25) is 9.59 Å². The summed E-state index contributed by atoms with van der Waals surface area (Å²) >= 11 is 0. The van der Waals surface area contributed by atoms with Gasteiger partial charge in [0.2, 0.25) is 5.91 Å². The lowest BCUT2D eigenvalue weighted by molar-refractivity contribution is -0.143. The number of unbranched alkanes of at least 4 members (excludes halogenated alkanes) is 30. The van der Waals surface area contributed by atoms with Crippen molar-refractivity contribution < 1.29 is 24.5 Å². The van der Waals surface area contributed by atoms with Crippen LogP contribution in [0.5, 0.6) is 0 Å². The lowest BCUT2D eigenvalue weighted by Crippen LogP contribution is -2.45. The fraction of sp³-hybridized carbons (Fsp3) is 0.880. The Hall–Kier alpha value is -1.66. The van der Waals surface area contributed by atoms with E-state index in [0.717, 1.165) is 64.2 Å². The van der Waals surface area contributed by atoms with E-state index >= 15 is 0 Å². The molecule has 0 aliphatic rings. The Morgan fingerprint density at radius 3 is 1.39 bits per heavy atom. The second-order valence-electron chi connectivity index (χ2n) is 16.8. The van der Waals surface area contributed by atoms with Crippen LogP contribution in [-0.2, 0) is 14.3 Å². The van der Waals surface area contributed by atoms with Gasteiger partial charge >= 0.3 is 5.97 Å². The van der Waals surface area contributed by atoms with E-state index in [1.807, 2.05) is 0 Å². The van der Waals surface area contributed by atoms with Crippen LogP contribution in [0, 0.1) is 0 Å². The highest BCUT2D eigenvalue weighted by atomic mass is 16.5. The van der Waals surface area contributed by atoms with E-state index in [-0.39, 0.29) is 18.5 Å². The molecule has 6 heteroatoms. The van der Waals surface area contributed by atoms with Crippen LogP contribution in [-0.4, -0.2) is 47.4 Å². The van der Waals surface area contributed by atoms with Gasteiger partial charge in [-0.25, -0.2) is 0 Å². The smallest absolute Gasteiger partial charge is 0.305 e. The minimum atomic E-state index is -0.680. The number of nitrogens with one attached hydrogen (secondary N) is 1. The van der Waals surface area contributed by atoms with Crippen molar-refractivity contribution in [3.8, 4) is 0 Å². The van der Waals surface area contributed by atoms with Crippen molar-refractivity contribution in [3.05, 3.63) is 24.3 Å². The van der Waals surface area contributed by atoms with Gasteiger partial charge in [-0.1, -0.05) is 212 Å². The molecule has 0 aromatic heterocycles. The molecule has 0 rings (SSSR count). The fourth-order valence-electron chi connectivity index (χ4n) is 7.43. The normalized spacial score (nSPS) is 12.9. The number of amides is 1. The molecule has 0 aliphatic heterocycles. The van der Waals surface area contributed by atoms with Crippen LogP contribution in [0.4, 0.5) is 0 Å². The van der Waals surface area contributed by atoms with Gasteiger partial charge in [0, 0.05) is 12.8 Å². The van der Waals surface area contributed by atoms with E-state index in [0.29, 0.717) is 25.9 Å². The largest absolute Gasteiger partial charge is 0.466 e. The van der Waals surface area contributed by atoms with Crippen molar-refractivity contribution in [1.82, 2.24) is 5.32 Å². The predicted molar refractivity (Wildman–Crippen MR) is 241 cm³/mol. The van der Waals surface area contributed by atoms with Crippen molar-refractivity contribution in [3.63, 3.8) is 0 Å². The second-order valence-corrected chi connectivity index (χ2v) is 16.8. The summed E-state index contributed by atoms with van der Waals surface area (Å²) in [4.78, 5) is 24.5. The zero-order chi connectivity index (χ0) is 40.8. The van der Waals surface area contributed by atoms with Gasteiger partial charge in [-0.15, -0.1) is 0 Å². The number of rotatable bonds is 45. The number of carbonyl (C=O) groups is 2. The maximum Gasteiger partial charge on any atom is 0.305 e. The minimum Gasteiger partial charge on any atom is -0.466 e.